The van der Waals surface area contributed by atoms with Gasteiger partial charge < -0.3 is 20.4 Å². The first-order valence-corrected chi connectivity index (χ1v) is 7.40. The zero-order chi connectivity index (χ0) is 18.9. The molecule has 2 amide bonds. The van der Waals surface area contributed by atoms with Crippen LogP contribution in [0.2, 0.25) is 0 Å². The molecule has 1 aromatic rings. The van der Waals surface area contributed by atoms with E-state index < -0.39 is 41.9 Å². The number of hydrogen-bond acceptors (Lipinski definition) is 8. The van der Waals surface area contributed by atoms with Gasteiger partial charge >= 0.3 is 11.9 Å². The fourth-order valence-corrected chi connectivity index (χ4v) is 2.12. The second-order valence-corrected chi connectivity index (χ2v) is 6.40. The lowest BCUT2D eigenvalue weighted by molar-refractivity contribution is -0.175. The molecule has 1 saturated heterocycles. The fourth-order valence-electron chi connectivity index (χ4n) is 2.12. The van der Waals surface area contributed by atoms with Gasteiger partial charge in [-0.1, -0.05) is 11.1 Å². The Morgan fingerprint density at radius 2 is 1.88 bits per heavy atom. The van der Waals surface area contributed by atoms with Crippen LogP contribution in [0.1, 0.15) is 47.9 Å². The number of benzene rings is 1. The van der Waals surface area contributed by atoms with Crippen LogP contribution in [0.15, 0.2) is 18.2 Å². The molecule has 3 N–H and O–H groups in total. The molecule has 0 aliphatic carbocycles. The van der Waals surface area contributed by atoms with Crippen LogP contribution in [0.25, 0.3) is 0 Å². The van der Waals surface area contributed by atoms with Crippen LogP contribution in [0.3, 0.4) is 0 Å². The first kappa shape index (κ1) is 18.4. The van der Waals surface area contributed by atoms with Crippen LogP contribution >= 0.6 is 0 Å². The van der Waals surface area contributed by atoms with E-state index in [0.29, 0.717) is 0 Å². The molecular weight excluding hydrogens is 332 g/mol. The van der Waals surface area contributed by atoms with Gasteiger partial charge in [-0.05, 0) is 32.9 Å². The van der Waals surface area contributed by atoms with E-state index in [-0.39, 0.29) is 21.9 Å². The summed E-state index contributed by atoms with van der Waals surface area (Å²) in [6.07, 6.45) is -2.05. The van der Waals surface area contributed by atoms with Crippen molar-refractivity contribution in [1.29, 1.82) is 0 Å². The standard InChI is InChI=1S/C16H18N2O7/c1-16(2,3)24-15(23)12-8(5-4-6-9(12)17)14(22)25-18-11(20)7-10(19)13(18)21/h4-6,10,19H,7,17H2,1-3H3. The van der Waals surface area contributed by atoms with E-state index in [4.69, 9.17) is 15.3 Å². The molecule has 1 fully saturated rings. The average molecular weight is 350 g/mol. The van der Waals surface area contributed by atoms with Crippen LogP contribution in [-0.2, 0) is 19.2 Å². The summed E-state index contributed by atoms with van der Waals surface area (Å²) in [4.78, 5) is 52.6. The lowest BCUT2D eigenvalue weighted by Crippen LogP contribution is -2.35. The van der Waals surface area contributed by atoms with E-state index in [0.717, 1.165) is 0 Å². The number of esters is 1. The number of imide groups is 1. The molecule has 1 aliphatic rings. The Morgan fingerprint density at radius 1 is 1.24 bits per heavy atom. The van der Waals surface area contributed by atoms with Crippen LogP contribution in [0.4, 0.5) is 5.69 Å². The van der Waals surface area contributed by atoms with E-state index >= 15 is 0 Å². The molecule has 9 heteroatoms. The molecule has 1 heterocycles. The highest BCUT2D eigenvalue weighted by molar-refractivity contribution is 6.09. The molecule has 1 aliphatic heterocycles. The molecule has 0 aromatic heterocycles. The van der Waals surface area contributed by atoms with Crippen molar-refractivity contribution in [1.82, 2.24) is 5.06 Å². The second-order valence-electron chi connectivity index (χ2n) is 6.40. The van der Waals surface area contributed by atoms with E-state index in [9.17, 15) is 24.3 Å². The number of carbonyl (C=O) groups excluding carboxylic acids is 4. The zero-order valence-electron chi connectivity index (χ0n) is 13.9. The number of hydrogen-bond donors (Lipinski definition) is 2. The number of ether oxygens (including phenoxy) is 1. The van der Waals surface area contributed by atoms with E-state index in [1.807, 2.05) is 0 Å². The molecule has 2 rings (SSSR count). The number of nitrogen functional groups attached to an aromatic ring is 1. The summed E-state index contributed by atoms with van der Waals surface area (Å²) in [5.74, 6) is -3.92. The molecule has 0 radical (unpaired) electrons. The van der Waals surface area contributed by atoms with Crippen molar-refractivity contribution in [2.45, 2.75) is 38.9 Å². The molecule has 1 atom stereocenters. The Labute approximate surface area is 143 Å². The van der Waals surface area contributed by atoms with Gasteiger partial charge in [-0.25, -0.2) is 9.59 Å². The summed E-state index contributed by atoms with van der Waals surface area (Å²) in [7, 11) is 0. The second kappa shape index (κ2) is 6.52. The van der Waals surface area contributed by atoms with E-state index in [2.05, 4.69) is 0 Å². The Hall–Kier alpha value is -2.94. The molecule has 0 spiro atoms. The lowest BCUT2D eigenvalue weighted by Gasteiger charge is -2.21. The summed E-state index contributed by atoms with van der Waals surface area (Å²) in [6, 6.07) is 4.05. The van der Waals surface area contributed by atoms with E-state index in [1.54, 1.807) is 20.8 Å². The van der Waals surface area contributed by atoms with Crippen LogP contribution < -0.4 is 5.73 Å². The first-order chi connectivity index (χ1) is 11.5. The maximum absolute atomic E-state index is 12.3. The normalized spacial score (nSPS) is 17.6. The van der Waals surface area contributed by atoms with Gasteiger partial charge in [-0.15, -0.1) is 0 Å². The third-order valence-corrected chi connectivity index (χ3v) is 3.17. The number of anilines is 1. The van der Waals surface area contributed by atoms with Crippen LogP contribution in [-0.4, -0.2) is 45.6 Å². The summed E-state index contributed by atoms with van der Waals surface area (Å²) >= 11 is 0. The molecule has 0 bridgehead atoms. The van der Waals surface area contributed by atoms with Crippen molar-refractivity contribution in [2.24, 2.45) is 0 Å². The molecular formula is C16H18N2O7. The van der Waals surface area contributed by atoms with Gasteiger partial charge in [0.2, 0.25) is 0 Å². The zero-order valence-corrected chi connectivity index (χ0v) is 13.9. The number of amides is 2. The number of nitrogens with two attached hydrogens (primary N) is 1. The highest BCUT2D eigenvalue weighted by Gasteiger charge is 2.41. The quantitative estimate of drug-likeness (QED) is 0.454. The highest BCUT2D eigenvalue weighted by Crippen LogP contribution is 2.23. The van der Waals surface area contributed by atoms with Crippen LogP contribution in [0, 0.1) is 0 Å². The monoisotopic (exact) mass is 350 g/mol. The van der Waals surface area contributed by atoms with Crippen molar-refractivity contribution in [3.63, 3.8) is 0 Å². The van der Waals surface area contributed by atoms with Crippen molar-refractivity contribution >= 4 is 29.4 Å². The first-order valence-electron chi connectivity index (χ1n) is 7.40. The molecule has 0 saturated carbocycles. The minimum atomic E-state index is -1.56. The Bertz CT molecular complexity index is 751. The average Bonchev–Trinajstić information content (AvgIpc) is 2.71. The number of aliphatic hydroxyl groups is 1. The van der Waals surface area contributed by atoms with Gasteiger partial charge in [0.25, 0.3) is 11.8 Å². The maximum Gasteiger partial charge on any atom is 0.364 e. The fraction of sp³-hybridized carbons (Fsp3) is 0.375. The summed E-state index contributed by atoms with van der Waals surface area (Å²) in [5.41, 5.74) is 4.41. The molecule has 134 valence electrons. The smallest absolute Gasteiger partial charge is 0.364 e. The number of rotatable bonds is 3. The number of nitrogens with zero attached hydrogens (tertiary/aromatic N) is 1. The van der Waals surface area contributed by atoms with Crippen molar-refractivity contribution in [3.05, 3.63) is 29.3 Å². The summed E-state index contributed by atoms with van der Waals surface area (Å²) < 4.78 is 5.21. The molecule has 1 unspecified atom stereocenters. The predicted octanol–water partition coefficient (Wildman–Crippen LogP) is 0.416. The Morgan fingerprint density at radius 3 is 2.40 bits per heavy atom. The minimum absolute atomic E-state index is 0.0252. The Kier molecular flexibility index (Phi) is 4.80. The topological polar surface area (TPSA) is 136 Å². The summed E-state index contributed by atoms with van der Waals surface area (Å²) in [6.45, 7) is 4.93. The lowest BCUT2D eigenvalue weighted by atomic mass is 10.1. The minimum Gasteiger partial charge on any atom is -0.456 e. The Balaban J connectivity index is 2.32. The molecule has 9 nitrogen and oxygen atoms in total. The van der Waals surface area contributed by atoms with Gasteiger partial charge in [0.05, 0.1) is 17.5 Å². The number of aliphatic hydroxyl groups excluding tert-OH is 1. The molecule has 1 aromatic carbocycles. The number of hydroxylamine groups is 2. The largest absolute Gasteiger partial charge is 0.456 e. The van der Waals surface area contributed by atoms with Gasteiger partial charge in [-0.3, -0.25) is 9.59 Å². The summed E-state index contributed by atoms with van der Waals surface area (Å²) in [5, 5.41) is 9.51. The third kappa shape index (κ3) is 3.94. The SMILES string of the molecule is CC(C)(C)OC(=O)c1c(N)cccc1C(=O)ON1C(=O)CC(O)C1=O. The van der Waals surface area contributed by atoms with Gasteiger partial charge in [0, 0.05) is 5.69 Å². The third-order valence-electron chi connectivity index (χ3n) is 3.17. The van der Waals surface area contributed by atoms with Crippen LogP contribution in [0.5, 0.6) is 0 Å². The van der Waals surface area contributed by atoms with Gasteiger partial charge in [-0.2, -0.15) is 0 Å². The number of carbonyl (C=O) groups is 4. The van der Waals surface area contributed by atoms with Gasteiger partial charge in [0.15, 0.2) is 0 Å². The van der Waals surface area contributed by atoms with Crippen molar-refractivity contribution in [2.75, 3.05) is 5.73 Å². The highest BCUT2D eigenvalue weighted by atomic mass is 16.7. The van der Waals surface area contributed by atoms with Crippen molar-refractivity contribution in [3.8, 4) is 0 Å². The van der Waals surface area contributed by atoms with Gasteiger partial charge in [0.1, 0.15) is 11.7 Å². The van der Waals surface area contributed by atoms with E-state index in [1.165, 1.54) is 18.2 Å². The maximum atomic E-state index is 12.3. The molecule has 25 heavy (non-hydrogen) atoms. The predicted molar refractivity (Wildman–Crippen MR) is 83.9 cm³/mol. The van der Waals surface area contributed by atoms with Crippen molar-refractivity contribution < 1.29 is 33.9 Å².